The van der Waals surface area contributed by atoms with E-state index in [1.807, 2.05) is 6.92 Å². The largest absolute Gasteiger partial charge is 0.481 e. The first-order chi connectivity index (χ1) is 5.15. The monoisotopic (exact) mass is 156 g/mol. The van der Waals surface area contributed by atoms with Crippen LogP contribution in [0.2, 0.25) is 0 Å². The smallest absolute Gasteiger partial charge is 0.306 e. The van der Waals surface area contributed by atoms with Gasteiger partial charge in [-0.15, -0.1) is 0 Å². The Morgan fingerprint density at radius 3 is 2.64 bits per heavy atom. The topological polar surface area (TPSA) is 54.4 Å². The van der Waals surface area contributed by atoms with E-state index in [4.69, 9.17) is 5.11 Å². The molecular weight excluding hydrogens is 144 g/mol. The lowest BCUT2D eigenvalue weighted by Gasteiger charge is -2.01. The summed E-state index contributed by atoms with van der Waals surface area (Å²) < 4.78 is 0. The molecule has 1 saturated carbocycles. The number of ketones is 1. The van der Waals surface area contributed by atoms with Gasteiger partial charge < -0.3 is 5.11 Å². The zero-order valence-electron chi connectivity index (χ0n) is 6.54. The van der Waals surface area contributed by atoms with Gasteiger partial charge >= 0.3 is 5.97 Å². The van der Waals surface area contributed by atoms with Crippen LogP contribution in [0.4, 0.5) is 0 Å². The van der Waals surface area contributed by atoms with E-state index in [1.54, 1.807) is 0 Å². The average Bonchev–Trinajstić information content (AvgIpc) is 2.31. The van der Waals surface area contributed by atoms with E-state index in [9.17, 15) is 9.59 Å². The molecule has 0 aromatic heterocycles. The van der Waals surface area contributed by atoms with Crippen molar-refractivity contribution in [1.29, 1.82) is 0 Å². The van der Waals surface area contributed by atoms with Gasteiger partial charge in [-0.2, -0.15) is 0 Å². The van der Waals surface area contributed by atoms with E-state index in [-0.39, 0.29) is 18.1 Å². The zero-order chi connectivity index (χ0) is 8.43. The third kappa shape index (κ3) is 1.59. The Hall–Kier alpha value is -0.860. The van der Waals surface area contributed by atoms with E-state index in [0.717, 1.165) is 6.42 Å². The number of hydrogen-bond acceptors (Lipinski definition) is 2. The van der Waals surface area contributed by atoms with Crippen LogP contribution in [0.5, 0.6) is 0 Å². The maximum atomic E-state index is 11.1. The first-order valence-corrected chi connectivity index (χ1v) is 3.90. The Morgan fingerprint density at radius 2 is 2.36 bits per heavy atom. The first kappa shape index (κ1) is 8.24. The molecule has 1 rings (SSSR count). The minimum atomic E-state index is -0.825. The number of carbonyl (C=O) groups excluding carboxylic acids is 1. The summed E-state index contributed by atoms with van der Waals surface area (Å²) in [4.78, 5) is 21.5. The molecule has 3 heteroatoms. The minimum absolute atomic E-state index is 0.0103. The number of carboxylic acids is 1. The second-order valence-electron chi connectivity index (χ2n) is 3.05. The molecule has 1 aliphatic carbocycles. The van der Waals surface area contributed by atoms with Crippen molar-refractivity contribution < 1.29 is 14.7 Å². The van der Waals surface area contributed by atoms with Gasteiger partial charge in [0, 0.05) is 12.3 Å². The van der Waals surface area contributed by atoms with Crippen LogP contribution in [-0.2, 0) is 9.59 Å². The normalized spacial score (nSPS) is 30.8. The number of Topliss-reactive ketones (excluding diaryl/α,β-unsaturated/α-hetero) is 1. The predicted octanol–water partition coefficient (Wildman–Crippen LogP) is 1.08. The van der Waals surface area contributed by atoms with Gasteiger partial charge in [0.1, 0.15) is 5.78 Å². The van der Waals surface area contributed by atoms with Crippen LogP contribution in [0, 0.1) is 11.8 Å². The van der Waals surface area contributed by atoms with Crippen molar-refractivity contribution in [3.63, 3.8) is 0 Å². The molecule has 11 heavy (non-hydrogen) atoms. The number of rotatable bonds is 2. The molecule has 0 aromatic rings. The summed E-state index contributed by atoms with van der Waals surface area (Å²) in [5.41, 5.74) is 0. The van der Waals surface area contributed by atoms with Crippen molar-refractivity contribution in [2.24, 2.45) is 11.8 Å². The molecule has 0 radical (unpaired) electrons. The molecule has 3 nitrogen and oxygen atoms in total. The molecule has 0 spiro atoms. The fourth-order valence-corrected chi connectivity index (χ4v) is 1.55. The molecule has 0 amide bonds. The first-order valence-electron chi connectivity index (χ1n) is 3.90. The molecule has 0 aromatic carbocycles. The molecule has 2 atom stereocenters. The third-order valence-corrected chi connectivity index (χ3v) is 2.31. The van der Waals surface area contributed by atoms with Gasteiger partial charge in [-0.25, -0.2) is 0 Å². The Morgan fingerprint density at radius 1 is 1.73 bits per heavy atom. The summed E-state index contributed by atoms with van der Waals surface area (Å²) in [7, 11) is 0. The third-order valence-electron chi connectivity index (χ3n) is 2.31. The fraction of sp³-hybridized carbons (Fsp3) is 0.750. The molecule has 1 aliphatic rings. The lowest BCUT2D eigenvalue weighted by atomic mass is 10.0. The summed E-state index contributed by atoms with van der Waals surface area (Å²) in [5, 5.41) is 8.59. The standard InChI is InChI=1S/C8H12O3/c1-2-5-3-6(8(10)11)4-7(5)9/h5-6H,2-4H2,1H3,(H,10,11). The Bertz CT molecular complexity index is 186. The molecule has 62 valence electrons. The number of aliphatic carboxylic acids is 1. The highest BCUT2D eigenvalue weighted by Crippen LogP contribution is 2.29. The highest BCUT2D eigenvalue weighted by Gasteiger charge is 2.35. The summed E-state index contributed by atoms with van der Waals surface area (Å²) in [5.74, 6) is -1.10. The maximum absolute atomic E-state index is 11.1. The lowest BCUT2D eigenvalue weighted by molar-refractivity contribution is -0.142. The molecule has 0 bridgehead atoms. The van der Waals surface area contributed by atoms with Crippen LogP contribution in [0.15, 0.2) is 0 Å². The number of carbonyl (C=O) groups is 2. The molecule has 1 N–H and O–H groups in total. The summed E-state index contributed by atoms with van der Waals surface area (Å²) in [6.45, 7) is 1.92. The van der Waals surface area contributed by atoms with Crippen LogP contribution in [0.25, 0.3) is 0 Å². The van der Waals surface area contributed by atoms with E-state index in [1.165, 1.54) is 0 Å². The number of carboxylic acid groups (broad SMARTS) is 1. The van der Waals surface area contributed by atoms with Gasteiger partial charge in [0.2, 0.25) is 0 Å². The summed E-state index contributed by atoms with van der Waals surface area (Å²) in [6.07, 6.45) is 1.57. The molecule has 0 saturated heterocycles. The van der Waals surface area contributed by atoms with E-state index in [2.05, 4.69) is 0 Å². The van der Waals surface area contributed by atoms with Gasteiger partial charge in [0.05, 0.1) is 5.92 Å². The molecule has 0 aliphatic heterocycles. The molecular formula is C8H12O3. The highest BCUT2D eigenvalue weighted by molar-refractivity contribution is 5.89. The van der Waals surface area contributed by atoms with Crippen molar-refractivity contribution in [2.45, 2.75) is 26.2 Å². The van der Waals surface area contributed by atoms with E-state index >= 15 is 0 Å². The summed E-state index contributed by atoms with van der Waals surface area (Å²) in [6, 6.07) is 0. The second-order valence-corrected chi connectivity index (χ2v) is 3.05. The Balaban J connectivity index is 2.56. The fourth-order valence-electron chi connectivity index (χ4n) is 1.55. The van der Waals surface area contributed by atoms with Gasteiger partial charge in [-0.3, -0.25) is 9.59 Å². The Labute approximate surface area is 65.4 Å². The molecule has 0 heterocycles. The molecule has 1 fully saturated rings. The van der Waals surface area contributed by atoms with E-state index in [0.29, 0.717) is 6.42 Å². The predicted molar refractivity (Wildman–Crippen MR) is 39.1 cm³/mol. The van der Waals surface area contributed by atoms with Gasteiger partial charge in [0.15, 0.2) is 0 Å². The van der Waals surface area contributed by atoms with Crippen LogP contribution in [0.1, 0.15) is 26.2 Å². The van der Waals surface area contributed by atoms with Crippen molar-refractivity contribution in [3.8, 4) is 0 Å². The zero-order valence-corrected chi connectivity index (χ0v) is 6.54. The SMILES string of the molecule is CCC1CC(C(=O)O)CC1=O. The second kappa shape index (κ2) is 3.03. The van der Waals surface area contributed by atoms with Crippen LogP contribution in [0.3, 0.4) is 0 Å². The van der Waals surface area contributed by atoms with Crippen molar-refractivity contribution in [2.75, 3.05) is 0 Å². The maximum Gasteiger partial charge on any atom is 0.306 e. The van der Waals surface area contributed by atoms with Gasteiger partial charge in [-0.05, 0) is 12.8 Å². The van der Waals surface area contributed by atoms with Crippen LogP contribution >= 0.6 is 0 Å². The average molecular weight is 156 g/mol. The van der Waals surface area contributed by atoms with Gasteiger partial charge in [-0.1, -0.05) is 6.92 Å². The number of hydrogen-bond donors (Lipinski definition) is 1. The Kier molecular flexibility index (Phi) is 2.27. The van der Waals surface area contributed by atoms with Crippen LogP contribution in [-0.4, -0.2) is 16.9 Å². The van der Waals surface area contributed by atoms with Crippen molar-refractivity contribution >= 4 is 11.8 Å². The molecule has 2 unspecified atom stereocenters. The lowest BCUT2D eigenvalue weighted by Crippen LogP contribution is -2.09. The van der Waals surface area contributed by atoms with E-state index < -0.39 is 11.9 Å². The quantitative estimate of drug-likeness (QED) is 0.650. The van der Waals surface area contributed by atoms with Crippen molar-refractivity contribution in [3.05, 3.63) is 0 Å². The van der Waals surface area contributed by atoms with Crippen LogP contribution < -0.4 is 0 Å². The summed E-state index contributed by atoms with van der Waals surface area (Å²) >= 11 is 0. The minimum Gasteiger partial charge on any atom is -0.481 e. The van der Waals surface area contributed by atoms with Gasteiger partial charge in [0.25, 0.3) is 0 Å². The van der Waals surface area contributed by atoms with Crippen molar-refractivity contribution in [1.82, 2.24) is 0 Å². The highest BCUT2D eigenvalue weighted by atomic mass is 16.4.